The molecule has 10 aromatic rings. The minimum absolute atomic E-state index is 0.673. The van der Waals surface area contributed by atoms with Crippen molar-refractivity contribution in [2.45, 2.75) is 20.8 Å². The van der Waals surface area contributed by atoms with Crippen LogP contribution in [0.5, 0.6) is 0 Å². The normalized spacial score (nSPS) is 11.3. The van der Waals surface area contributed by atoms with Crippen molar-refractivity contribution in [1.29, 1.82) is 0 Å². The molecule has 0 atom stereocenters. The van der Waals surface area contributed by atoms with E-state index in [0.717, 1.165) is 79.7 Å². The average Bonchev–Trinajstić information content (AvgIpc) is 3.70. The van der Waals surface area contributed by atoms with E-state index < -0.39 is 0 Å². The van der Waals surface area contributed by atoms with E-state index in [9.17, 15) is 0 Å². The van der Waals surface area contributed by atoms with Crippen LogP contribution in [0, 0.1) is 20.8 Å². The Hall–Kier alpha value is -4.24. The lowest BCUT2D eigenvalue weighted by atomic mass is 10.0. The van der Waals surface area contributed by atoms with Crippen molar-refractivity contribution in [1.82, 2.24) is 9.97 Å². The molecule has 0 saturated heterocycles. The lowest BCUT2D eigenvalue weighted by molar-refractivity contribution is 0.665. The molecule has 4 nitrogen and oxygen atoms in total. The van der Waals surface area contributed by atoms with E-state index in [-0.39, 0.29) is 0 Å². The number of aryl methyl sites for hydroxylation is 3. The van der Waals surface area contributed by atoms with Crippen molar-refractivity contribution < 1.29 is 8.83 Å². The second-order valence-electron chi connectivity index (χ2n) is 13.1. The molecule has 0 radical (unpaired) electrons. The highest BCUT2D eigenvalue weighted by Gasteiger charge is 2.16. The minimum Gasteiger partial charge on any atom is -0.456 e. The van der Waals surface area contributed by atoms with Gasteiger partial charge in [0.05, 0.1) is 16.7 Å². The van der Waals surface area contributed by atoms with Gasteiger partial charge in [-0.2, -0.15) is 0 Å². The highest BCUT2D eigenvalue weighted by atomic mass is 79.9. The Kier molecular flexibility index (Phi) is 10.3. The van der Waals surface area contributed by atoms with Crippen LogP contribution < -0.4 is 0 Å². The molecule has 10 rings (SSSR count). The van der Waals surface area contributed by atoms with Gasteiger partial charge in [0.15, 0.2) is 0 Å². The molecule has 266 valence electrons. The molecule has 0 aliphatic carbocycles. The van der Waals surface area contributed by atoms with Crippen molar-refractivity contribution in [3.05, 3.63) is 162 Å². The van der Waals surface area contributed by atoms with E-state index in [0.29, 0.717) is 10.0 Å². The van der Waals surface area contributed by atoms with E-state index in [1.807, 2.05) is 78.9 Å². The minimum atomic E-state index is 0.673. The summed E-state index contributed by atoms with van der Waals surface area (Å²) in [6.07, 6.45) is 0. The number of fused-ring (bicyclic) bond motifs is 8. The van der Waals surface area contributed by atoms with Crippen LogP contribution in [0.1, 0.15) is 16.7 Å². The second kappa shape index (κ2) is 15.1. The van der Waals surface area contributed by atoms with Crippen LogP contribution in [0.15, 0.2) is 144 Å². The first kappa shape index (κ1) is 36.7. The summed E-state index contributed by atoms with van der Waals surface area (Å²) in [5.74, 6) is 0. The molecular formula is C45H29Br3Cl2N2O2. The molecule has 0 spiro atoms. The number of rotatable bonds is 1. The maximum Gasteiger partial charge on any atom is 0.144 e. The summed E-state index contributed by atoms with van der Waals surface area (Å²) in [6.45, 7) is 6.31. The molecule has 0 aliphatic heterocycles. The molecule has 4 heterocycles. The first-order valence-electron chi connectivity index (χ1n) is 17.0. The smallest absolute Gasteiger partial charge is 0.144 e. The van der Waals surface area contributed by atoms with Gasteiger partial charge in [-0.3, -0.25) is 0 Å². The van der Waals surface area contributed by atoms with Crippen molar-refractivity contribution in [3.8, 4) is 11.3 Å². The summed E-state index contributed by atoms with van der Waals surface area (Å²) in [7, 11) is 0. The van der Waals surface area contributed by atoms with Gasteiger partial charge in [-0.1, -0.05) is 93.7 Å². The number of hydrogen-bond donors (Lipinski definition) is 0. The fourth-order valence-corrected chi connectivity index (χ4v) is 8.93. The summed E-state index contributed by atoms with van der Waals surface area (Å²) >= 11 is 22.5. The number of para-hydroxylation sites is 2. The van der Waals surface area contributed by atoms with Gasteiger partial charge >= 0.3 is 0 Å². The van der Waals surface area contributed by atoms with Gasteiger partial charge < -0.3 is 8.83 Å². The summed E-state index contributed by atoms with van der Waals surface area (Å²) in [5, 5.41) is 8.13. The lowest BCUT2D eigenvalue weighted by Crippen LogP contribution is -1.89. The number of furan rings is 2. The number of pyridine rings is 2. The third kappa shape index (κ3) is 7.28. The molecule has 0 fully saturated rings. The molecule has 0 N–H and O–H groups in total. The molecule has 0 amide bonds. The van der Waals surface area contributed by atoms with Crippen molar-refractivity contribution >= 4 is 137 Å². The quantitative estimate of drug-likeness (QED) is 0.154. The summed E-state index contributed by atoms with van der Waals surface area (Å²) in [5.41, 5.74) is 11.0. The molecule has 0 aliphatic rings. The molecule has 9 heteroatoms. The molecule has 4 aromatic heterocycles. The van der Waals surface area contributed by atoms with Gasteiger partial charge in [0, 0.05) is 56.9 Å². The fraction of sp³-hybridized carbons (Fsp3) is 0.0667. The van der Waals surface area contributed by atoms with Crippen LogP contribution >= 0.6 is 71.0 Å². The summed E-state index contributed by atoms with van der Waals surface area (Å²) in [6, 6.07) is 40.3. The van der Waals surface area contributed by atoms with Crippen LogP contribution in [-0.2, 0) is 0 Å². The van der Waals surface area contributed by atoms with Crippen LogP contribution in [0.2, 0.25) is 10.0 Å². The van der Waals surface area contributed by atoms with Gasteiger partial charge in [0.25, 0.3) is 0 Å². The summed E-state index contributed by atoms with van der Waals surface area (Å²) < 4.78 is 14.8. The lowest BCUT2D eigenvalue weighted by Gasteiger charge is -2.08. The summed E-state index contributed by atoms with van der Waals surface area (Å²) in [4.78, 5) is 9.15. The SMILES string of the molecule is Cc1cc(-c2cc(Br)c3ccc(Cl)cc3n2)c2oc3ccccc3c2c1.Cc1cc(C)c2oc3ccccc3c2c1.Clc1ccc2c(Br)cc(Br)nc2c1. The number of benzene rings is 6. The van der Waals surface area contributed by atoms with E-state index >= 15 is 0 Å². The Morgan fingerprint density at radius 2 is 1.00 bits per heavy atom. The Balaban J connectivity index is 0.000000125. The van der Waals surface area contributed by atoms with E-state index in [1.165, 1.54) is 27.5 Å². The first-order valence-corrected chi connectivity index (χ1v) is 20.1. The van der Waals surface area contributed by atoms with Crippen molar-refractivity contribution in [2.24, 2.45) is 0 Å². The highest BCUT2D eigenvalue weighted by molar-refractivity contribution is 9.11. The Bertz CT molecular complexity index is 3060. The monoisotopic (exact) mass is 936 g/mol. The molecule has 54 heavy (non-hydrogen) atoms. The fourth-order valence-electron chi connectivity index (χ4n) is 6.77. The van der Waals surface area contributed by atoms with Gasteiger partial charge in [-0.15, -0.1) is 0 Å². The largest absolute Gasteiger partial charge is 0.456 e. The van der Waals surface area contributed by atoms with Gasteiger partial charge in [-0.25, -0.2) is 9.97 Å². The van der Waals surface area contributed by atoms with Gasteiger partial charge in [-0.05, 0) is 136 Å². The standard InChI is InChI=1S/C22H13BrClNO.C14H12O.C9H4Br2ClN/c1-12-8-16-14-4-2-3-5-21(14)26-22(16)17(9-12)20-11-18(23)15-7-6-13(24)10-19(15)25-20;1-9-7-10(2)14-12(8-9)11-5-3-4-6-13(11)15-14;10-7-4-9(11)13-8-3-5(12)1-2-6(7)8/h2-11H,1H3;3-8H,1-2H3;1-4H. The zero-order chi connectivity index (χ0) is 37.7. The number of aromatic nitrogens is 2. The second-order valence-corrected chi connectivity index (χ2v) is 16.5. The van der Waals surface area contributed by atoms with Crippen LogP contribution in [-0.4, -0.2) is 9.97 Å². The van der Waals surface area contributed by atoms with E-state index in [4.69, 9.17) is 37.0 Å². The Morgan fingerprint density at radius 3 is 1.63 bits per heavy atom. The first-order chi connectivity index (χ1) is 26.0. The molecular weight excluding hydrogens is 911 g/mol. The van der Waals surface area contributed by atoms with Gasteiger partial charge in [0.1, 0.15) is 26.9 Å². The van der Waals surface area contributed by atoms with Crippen molar-refractivity contribution in [3.63, 3.8) is 0 Å². The number of halogens is 5. The predicted octanol–water partition coefficient (Wildman–Crippen LogP) is 16.1. The number of nitrogens with zero attached hydrogens (tertiary/aromatic N) is 2. The van der Waals surface area contributed by atoms with Crippen molar-refractivity contribution in [2.75, 3.05) is 0 Å². The zero-order valence-electron chi connectivity index (χ0n) is 29.1. The maximum atomic E-state index is 6.19. The predicted molar refractivity (Wildman–Crippen MR) is 237 cm³/mol. The topological polar surface area (TPSA) is 52.1 Å². The van der Waals surface area contributed by atoms with Crippen LogP contribution in [0.4, 0.5) is 0 Å². The molecule has 0 saturated carbocycles. The molecule has 0 unspecified atom stereocenters. The molecule has 0 bridgehead atoms. The number of hydrogen-bond acceptors (Lipinski definition) is 4. The Morgan fingerprint density at radius 1 is 0.481 bits per heavy atom. The van der Waals surface area contributed by atoms with Gasteiger partial charge in [0.2, 0.25) is 0 Å². The highest BCUT2D eigenvalue weighted by Crippen LogP contribution is 2.38. The van der Waals surface area contributed by atoms with E-state index in [1.54, 1.807) is 0 Å². The van der Waals surface area contributed by atoms with Crippen LogP contribution in [0.3, 0.4) is 0 Å². The van der Waals surface area contributed by atoms with Crippen LogP contribution in [0.25, 0.3) is 76.9 Å². The van der Waals surface area contributed by atoms with E-state index in [2.05, 4.69) is 116 Å². The maximum absolute atomic E-state index is 6.19. The third-order valence-corrected chi connectivity index (χ3v) is 11.3. The average molecular weight is 940 g/mol. The Labute approximate surface area is 346 Å². The third-order valence-electron chi connectivity index (χ3n) is 9.12. The zero-order valence-corrected chi connectivity index (χ0v) is 35.4. The molecule has 6 aromatic carbocycles.